The SMILES string of the molecule is CSC1=NN2[C@H](C(=O)N1)c1ccccc1N(C(C)=O)[C@H]2c1cc2c(cc1Br)OCO2. The number of nitrogens with zero attached hydrogens (tertiary/aromatic N) is 3. The molecule has 10 heteroatoms. The van der Waals surface area contributed by atoms with E-state index in [2.05, 4.69) is 21.2 Å². The number of fused-ring (bicyclic) bond motifs is 4. The predicted octanol–water partition coefficient (Wildman–Crippen LogP) is 3.35. The van der Waals surface area contributed by atoms with Gasteiger partial charge in [0.05, 0.1) is 5.69 Å². The summed E-state index contributed by atoms with van der Waals surface area (Å²) in [6, 6.07) is 10.4. The maximum atomic E-state index is 13.1. The minimum atomic E-state index is -0.671. The number of hydrogen-bond acceptors (Lipinski definition) is 7. The van der Waals surface area contributed by atoms with Gasteiger partial charge in [-0.25, -0.2) is 0 Å². The summed E-state index contributed by atoms with van der Waals surface area (Å²) in [6.45, 7) is 1.65. The lowest BCUT2D eigenvalue weighted by Crippen LogP contribution is -2.55. The van der Waals surface area contributed by atoms with Crippen molar-refractivity contribution in [2.75, 3.05) is 17.9 Å². The summed E-state index contributed by atoms with van der Waals surface area (Å²) in [4.78, 5) is 27.6. The molecule has 2 aromatic carbocycles. The molecule has 0 saturated heterocycles. The number of amides is 2. The highest BCUT2D eigenvalue weighted by Crippen LogP contribution is 2.49. The molecule has 0 bridgehead atoms. The van der Waals surface area contributed by atoms with Crippen molar-refractivity contribution in [2.24, 2.45) is 5.10 Å². The Bertz CT molecular complexity index is 1110. The van der Waals surface area contributed by atoms with Crippen LogP contribution in [0.5, 0.6) is 11.5 Å². The molecule has 3 heterocycles. The first-order chi connectivity index (χ1) is 14.5. The summed E-state index contributed by atoms with van der Waals surface area (Å²) in [7, 11) is 0. The van der Waals surface area contributed by atoms with Crippen molar-refractivity contribution < 1.29 is 19.1 Å². The van der Waals surface area contributed by atoms with Gasteiger partial charge in [0, 0.05) is 22.5 Å². The molecule has 2 atom stereocenters. The number of carbonyl (C=O) groups is 2. The maximum absolute atomic E-state index is 13.1. The molecule has 3 aliphatic rings. The Labute approximate surface area is 185 Å². The minimum absolute atomic E-state index is 0.138. The van der Waals surface area contributed by atoms with Crippen LogP contribution < -0.4 is 19.7 Å². The lowest BCUT2D eigenvalue weighted by Gasteiger charge is -2.48. The van der Waals surface area contributed by atoms with E-state index in [0.29, 0.717) is 22.4 Å². The summed E-state index contributed by atoms with van der Waals surface area (Å²) < 4.78 is 11.8. The molecular formula is C20H17BrN4O4S. The second kappa shape index (κ2) is 7.21. The van der Waals surface area contributed by atoms with Gasteiger partial charge >= 0.3 is 0 Å². The number of halogens is 1. The van der Waals surface area contributed by atoms with Crippen LogP contribution in [0.2, 0.25) is 0 Å². The molecule has 2 aromatic rings. The average molecular weight is 489 g/mol. The third kappa shape index (κ3) is 2.85. The van der Waals surface area contributed by atoms with Crippen LogP contribution >= 0.6 is 27.7 Å². The van der Waals surface area contributed by atoms with Crippen molar-refractivity contribution in [3.05, 3.63) is 52.0 Å². The number of carbonyl (C=O) groups excluding carboxylic acids is 2. The Morgan fingerprint density at radius 2 is 1.97 bits per heavy atom. The third-order valence-corrected chi connectivity index (χ3v) is 6.50. The molecule has 0 fully saturated rings. The predicted molar refractivity (Wildman–Crippen MR) is 116 cm³/mol. The van der Waals surface area contributed by atoms with Crippen LogP contribution in [-0.4, -0.2) is 35.0 Å². The number of ether oxygens (including phenoxy) is 2. The van der Waals surface area contributed by atoms with Gasteiger partial charge in [-0.15, -0.1) is 5.10 Å². The average Bonchev–Trinajstić information content (AvgIpc) is 3.18. The number of benzene rings is 2. The highest BCUT2D eigenvalue weighted by molar-refractivity contribution is 9.10. The summed E-state index contributed by atoms with van der Waals surface area (Å²) in [5, 5.41) is 9.71. The van der Waals surface area contributed by atoms with Crippen LogP contribution in [0.4, 0.5) is 5.69 Å². The van der Waals surface area contributed by atoms with Crippen molar-refractivity contribution >= 4 is 50.4 Å². The van der Waals surface area contributed by atoms with E-state index < -0.39 is 12.2 Å². The molecule has 1 N–H and O–H groups in total. The highest BCUT2D eigenvalue weighted by Gasteiger charge is 2.47. The first kappa shape index (κ1) is 19.3. The van der Waals surface area contributed by atoms with Gasteiger partial charge in [-0.3, -0.25) is 19.5 Å². The van der Waals surface area contributed by atoms with E-state index >= 15 is 0 Å². The van der Waals surface area contributed by atoms with E-state index in [4.69, 9.17) is 14.6 Å². The van der Waals surface area contributed by atoms with Crippen LogP contribution in [0.25, 0.3) is 0 Å². The molecule has 2 amide bonds. The van der Waals surface area contributed by atoms with Crippen LogP contribution in [0, 0.1) is 0 Å². The minimum Gasteiger partial charge on any atom is -0.454 e. The fourth-order valence-electron chi connectivity index (χ4n) is 4.00. The van der Waals surface area contributed by atoms with E-state index in [1.807, 2.05) is 42.7 Å². The Balaban J connectivity index is 1.77. The summed E-state index contributed by atoms with van der Waals surface area (Å²) in [5.41, 5.74) is 2.15. The van der Waals surface area contributed by atoms with Gasteiger partial charge in [0.15, 0.2) is 28.9 Å². The Hall–Kier alpha value is -2.72. The lowest BCUT2D eigenvalue weighted by molar-refractivity contribution is -0.129. The first-order valence-corrected chi connectivity index (χ1v) is 11.2. The van der Waals surface area contributed by atoms with E-state index in [1.165, 1.54) is 18.7 Å². The zero-order valence-electron chi connectivity index (χ0n) is 16.1. The van der Waals surface area contributed by atoms with E-state index in [0.717, 1.165) is 15.6 Å². The molecule has 0 spiro atoms. The number of anilines is 1. The number of hydrazone groups is 1. The number of para-hydroxylation sites is 1. The van der Waals surface area contributed by atoms with Crippen molar-refractivity contribution in [2.45, 2.75) is 19.1 Å². The molecule has 0 radical (unpaired) electrons. The molecule has 0 unspecified atom stereocenters. The van der Waals surface area contributed by atoms with Crippen LogP contribution in [-0.2, 0) is 9.59 Å². The number of thioether (sulfide) groups is 1. The standard InChI is InChI=1S/C20H17BrN4O4S/c1-10(26)24-14-6-4-3-5-11(14)17-18(27)22-20(30-2)23-25(17)19(24)12-7-15-16(8-13(12)21)29-9-28-15/h3-8,17,19H,9H2,1-2H3,(H,22,23,27)/t17-,19+/m0/s1. The fraction of sp³-hybridized carbons (Fsp3) is 0.250. The molecule has 154 valence electrons. The zero-order chi connectivity index (χ0) is 21.0. The monoisotopic (exact) mass is 488 g/mol. The Morgan fingerprint density at radius 3 is 2.70 bits per heavy atom. The largest absolute Gasteiger partial charge is 0.454 e. The van der Waals surface area contributed by atoms with Gasteiger partial charge in [-0.1, -0.05) is 45.9 Å². The van der Waals surface area contributed by atoms with Crippen LogP contribution in [0.1, 0.15) is 30.3 Å². The lowest BCUT2D eigenvalue weighted by atomic mass is 9.95. The van der Waals surface area contributed by atoms with E-state index in [1.54, 1.807) is 9.91 Å². The fourth-order valence-corrected chi connectivity index (χ4v) is 4.90. The number of rotatable bonds is 1. The number of nitrogens with one attached hydrogen (secondary N) is 1. The molecule has 8 nitrogen and oxygen atoms in total. The zero-order valence-corrected chi connectivity index (χ0v) is 18.5. The molecule has 3 aliphatic heterocycles. The smallest absolute Gasteiger partial charge is 0.255 e. The Kier molecular flexibility index (Phi) is 4.62. The maximum Gasteiger partial charge on any atom is 0.255 e. The molecule has 5 rings (SSSR count). The van der Waals surface area contributed by atoms with Crippen molar-refractivity contribution in [1.82, 2.24) is 10.3 Å². The van der Waals surface area contributed by atoms with Gasteiger partial charge in [-0.2, -0.15) is 0 Å². The van der Waals surface area contributed by atoms with Crippen molar-refractivity contribution in [3.63, 3.8) is 0 Å². The van der Waals surface area contributed by atoms with E-state index in [9.17, 15) is 9.59 Å². The van der Waals surface area contributed by atoms with Crippen LogP contribution in [0.3, 0.4) is 0 Å². The topological polar surface area (TPSA) is 83.5 Å². The first-order valence-electron chi connectivity index (χ1n) is 9.19. The second-order valence-electron chi connectivity index (χ2n) is 6.93. The number of hydrogen-bond donors (Lipinski definition) is 1. The molecule has 0 saturated carbocycles. The van der Waals surface area contributed by atoms with Gasteiger partial charge in [0.1, 0.15) is 0 Å². The van der Waals surface area contributed by atoms with Crippen molar-refractivity contribution in [3.8, 4) is 11.5 Å². The second-order valence-corrected chi connectivity index (χ2v) is 8.58. The van der Waals surface area contributed by atoms with Gasteiger partial charge in [0.25, 0.3) is 5.91 Å². The molecule has 0 aromatic heterocycles. The Morgan fingerprint density at radius 1 is 1.23 bits per heavy atom. The quantitative estimate of drug-likeness (QED) is 0.662. The highest BCUT2D eigenvalue weighted by atomic mass is 79.9. The molecular weight excluding hydrogens is 472 g/mol. The molecule has 30 heavy (non-hydrogen) atoms. The van der Waals surface area contributed by atoms with Gasteiger partial charge < -0.3 is 14.8 Å². The summed E-state index contributed by atoms with van der Waals surface area (Å²) >= 11 is 4.95. The molecule has 0 aliphatic carbocycles. The van der Waals surface area contributed by atoms with Gasteiger partial charge in [0.2, 0.25) is 12.7 Å². The normalized spacial score (nSPS) is 21.6. The van der Waals surface area contributed by atoms with E-state index in [-0.39, 0.29) is 18.6 Å². The van der Waals surface area contributed by atoms with Crippen LogP contribution in [0.15, 0.2) is 46.0 Å². The summed E-state index contributed by atoms with van der Waals surface area (Å²) in [5.74, 6) is 0.856. The number of amidine groups is 1. The van der Waals surface area contributed by atoms with Gasteiger partial charge in [-0.05, 0) is 24.5 Å². The third-order valence-electron chi connectivity index (χ3n) is 5.24. The van der Waals surface area contributed by atoms with Crippen molar-refractivity contribution in [1.29, 1.82) is 0 Å². The summed E-state index contributed by atoms with van der Waals surface area (Å²) in [6.07, 6.45) is 1.19.